The largest absolute Gasteiger partial charge is 0.457 e. The van der Waals surface area contributed by atoms with E-state index in [0.29, 0.717) is 6.42 Å². The zero-order valence-corrected chi connectivity index (χ0v) is 12.9. The van der Waals surface area contributed by atoms with Gasteiger partial charge < -0.3 is 15.6 Å². The fourth-order valence-electron chi connectivity index (χ4n) is 2.00. The fourth-order valence-corrected chi connectivity index (χ4v) is 2.72. The highest BCUT2D eigenvalue weighted by Crippen LogP contribution is 2.31. The van der Waals surface area contributed by atoms with E-state index in [-0.39, 0.29) is 12.6 Å². The van der Waals surface area contributed by atoms with Gasteiger partial charge in [0.2, 0.25) is 0 Å². The van der Waals surface area contributed by atoms with Gasteiger partial charge in [-0.2, -0.15) is 0 Å². The number of rotatable bonds is 5. The Morgan fingerprint density at radius 2 is 2.00 bits per heavy atom. The Balaban J connectivity index is 2.24. The van der Waals surface area contributed by atoms with Crippen molar-refractivity contribution in [1.82, 2.24) is 0 Å². The summed E-state index contributed by atoms with van der Waals surface area (Å²) in [6, 6.07) is 13.5. The number of ether oxygens (including phenoxy) is 1. The molecule has 0 aliphatic rings. The summed E-state index contributed by atoms with van der Waals surface area (Å²) in [6.07, 6.45) is 0.579. The zero-order chi connectivity index (χ0) is 14.5. The van der Waals surface area contributed by atoms with Gasteiger partial charge >= 0.3 is 0 Å². The van der Waals surface area contributed by atoms with Crippen molar-refractivity contribution < 1.29 is 9.84 Å². The summed E-state index contributed by atoms with van der Waals surface area (Å²) >= 11 is 3.51. The van der Waals surface area contributed by atoms with Crippen LogP contribution in [-0.2, 0) is 6.42 Å². The van der Waals surface area contributed by atoms with E-state index in [1.165, 1.54) is 0 Å². The molecule has 106 valence electrons. The Morgan fingerprint density at radius 3 is 2.65 bits per heavy atom. The second kappa shape index (κ2) is 6.88. The first-order valence-electron chi connectivity index (χ1n) is 6.53. The van der Waals surface area contributed by atoms with Crippen LogP contribution < -0.4 is 10.5 Å². The SMILES string of the molecule is C[C@@H](N)c1ccc(Oc2ccccc2CCO)cc1Br. The molecule has 0 radical (unpaired) electrons. The molecule has 0 aliphatic heterocycles. The van der Waals surface area contributed by atoms with E-state index in [0.717, 1.165) is 27.1 Å². The molecule has 1 atom stereocenters. The fraction of sp³-hybridized carbons (Fsp3) is 0.250. The maximum Gasteiger partial charge on any atom is 0.130 e. The molecule has 0 aliphatic carbocycles. The van der Waals surface area contributed by atoms with Crippen LogP contribution in [0.5, 0.6) is 11.5 Å². The van der Waals surface area contributed by atoms with Gasteiger partial charge in [0.1, 0.15) is 11.5 Å². The molecule has 0 fully saturated rings. The van der Waals surface area contributed by atoms with Crippen LogP contribution in [0.15, 0.2) is 46.9 Å². The van der Waals surface area contributed by atoms with Crippen LogP contribution in [-0.4, -0.2) is 11.7 Å². The van der Waals surface area contributed by atoms with Crippen LogP contribution in [0.3, 0.4) is 0 Å². The van der Waals surface area contributed by atoms with Gasteiger partial charge in [0, 0.05) is 17.1 Å². The summed E-state index contributed by atoms with van der Waals surface area (Å²) in [4.78, 5) is 0. The molecule has 0 spiro atoms. The van der Waals surface area contributed by atoms with Crippen molar-refractivity contribution in [3.05, 3.63) is 58.1 Å². The topological polar surface area (TPSA) is 55.5 Å². The average molecular weight is 336 g/mol. The van der Waals surface area contributed by atoms with Crippen LogP contribution in [0, 0.1) is 0 Å². The van der Waals surface area contributed by atoms with Crippen molar-refractivity contribution in [2.45, 2.75) is 19.4 Å². The van der Waals surface area contributed by atoms with Crippen LogP contribution in [0.2, 0.25) is 0 Å². The molecule has 3 nitrogen and oxygen atoms in total. The zero-order valence-electron chi connectivity index (χ0n) is 11.3. The van der Waals surface area contributed by atoms with Gasteiger partial charge in [-0.1, -0.05) is 40.2 Å². The summed E-state index contributed by atoms with van der Waals surface area (Å²) in [6.45, 7) is 2.05. The van der Waals surface area contributed by atoms with E-state index in [2.05, 4.69) is 15.9 Å². The molecule has 3 N–H and O–H groups in total. The van der Waals surface area contributed by atoms with Crippen LogP contribution in [0.4, 0.5) is 0 Å². The molecule has 2 aromatic rings. The van der Waals surface area contributed by atoms with Crippen molar-refractivity contribution in [1.29, 1.82) is 0 Å². The lowest BCUT2D eigenvalue weighted by Crippen LogP contribution is -2.05. The Bertz CT molecular complexity index is 584. The number of benzene rings is 2. The highest BCUT2D eigenvalue weighted by molar-refractivity contribution is 9.10. The van der Waals surface area contributed by atoms with Gasteiger partial charge in [-0.15, -0.1) is 0 Å². The molecule has 0 saturated heterocycles. The minimum atomic E-state index is -0.0277. The molecule has 0 aromatic heterocycles. The predicted octanol–water partition coefficient (Wildman–Crippen LogP) is 3.80. The highest BCUT2D eigenvalue weighted by atomic mass is 79.9. The third-order valence-electron chi connectivity index (χ3n) is 3.04. The Labute approximate surface area is 127 Å². The van der Waals surface area contributed by atoms with Gasteiger partial charge in [-0.25, -0.2) is 0 Å². The summed E-state index contributed by atoms with van der Waals surface area (Å²) in [5.74, 6) is 1.51. The Kier molecular flexibility index (Phi) is 5.17. The van der Waals surface area contributed by atoms with Crippen molar-refractivity contribution >= 4 is 15.9 Å². The third-order valence-corrected chi connectivity index (χ3v) is 3.73. The van der Waals surface area contributed by atoms with E-state index in [9.17, 15) is 0 Å². The average Bonchev–Trinajstić information content (AvgIpc) is 2.41. The number of aliphatic hydroxyl groups excluding tert-OH is 1. The number of hydrogen-bond donors (Lipinski definition) is 2. The summed E-state index contributed by atoms with van der Waals surface area (Å²) < 4.78 is 6.83. The quantitative estimate of drug-likeness (QED) is 0.873. The standard InChI is InChI=1S/C16H18BrNO2/c1-11(18)14-7-6-13(10-15(14)17)20-16-5-3-2-4-12(16)8-9-19/h2-7,10-11,19H,8-9,18H2,1H3/t11-/m1/s1. The summed E-state index contributed by atoms with van der Waals surface area (Å²) in [5.41, 5.74) is 7.91. The smallest absolute Gasteiger partial charge is 0.130 e. The van der Waals surface area contributed by atoms with Crippen molar-refractivity contribution in [2.24, 2.45) is 5.73 Å². The summed E-state index contributed by atoms with van der Waals surface area (Å²) in [7, 11) is 0. The molecule has 0 unspecified atom stereocenters. The van der Waals surface area contributed by atoms with E-state index in [1.54, 1.807) is 0 Å². The molecule has 2 rings (SSSR count). The van der Waals surface area contributed by atoms with Crippen molar-refractivity contribution in [3.63, 3.8) is 0 Å². The number of para-hydroxylation sites is 1. The molecule has 0 saturated carbocycles. The first kappa shape index (κ1) is 15.0. The summed E-state index contributed by atoms with van der Waals surface area (Å²) in [5, 5.41) is 9.07. The molecule has 20 heavy (non-hydrogen) atoms. The lowest BCUT2D eigenvalue weighted by Gasteiger charge is -2.13. The lowest BCUT2D eigenvalue weighted by atomic mass is 10.1. The van der Waals surface area contributed by atoms with E-state index >= 15 is 0 Å². The minimum absolute atomic E-state index is 0.0277. The van der Waals surface area contributed by atoms with Crippen LogP contribution in [0.25, 0.3) is 0 Å². The molecular formula is C16H18BrNO2. The second-order valence-electron chi connectivity index (χ2n) is 4.66. The van der Waals surface area contributed by atoms with Gasteiger partial charge in [-0.05, 0) is 42.7 Å². The predicted molar refractivity (Wildman–Crippen MR) is 84.1 cm³/mol. The first-order valence-corrected chi connectivity index (χ1v) is 7.32. The Hall–Kier alpha value is -1.36. The molecule has 2 aromatic carbocycles. The maximum absolute atomic E-state index is 9.07. The van der Waals surface area contributed by atoms with Gasteiger partial charge in [0.05, 0.1) is 0 Å². The minimum Gasteiger partial charge on any atom is -0.457 e. The molecular weight excluding hydrogens is 318 g/mol. The van der Waals surface area contributed by atoms with Crippen molar-refractivity contribution in [2.75, 3.05) is 6.61 Å². The van der Waals surface area contributed by atoms with Gasteiger partial charge in [-0.3, -0.25) is 0 Å². The van der Waals surface area contributed by atoms with Crippen LogP contribution >= 0.6 is 15.9 Å². The van der Waals surface area contributed by atoms with E-state index in [1.807, 2.05) is 49.4 Å². The number of halogens is 1. The molecule has 0 amide bonds. The number of hydrogen-bond acceptors (Lipinski definition) is 3. The third kappa shape index (κ3) is 3.60. The number of aliphatic hydroxyl groups is 1. The molecule has 0 heterocycles. The molecule has 4 heteroatoms. The highest BCUT2D eigenvalue weighted by Gasteiger charge is 2.08. The van der Waals surface area contributed by atoms with Gasteiger partial charge in [0.25, 0.3) is 0 Å². The normalized spacial score (nSPS) is 12.2. The Morgan fingerprint density at radius 1 is 1.25 bits per heavy atom. The van der Waals surface area contributed by atoms with Crippen molar-refractivity contribution in [3.8, 4) is 11.5 Å². The lowest BCUT2D eigenvalue weighted by molar-refractivity contribution is 0.298. The molecule has 0 bridgehead atoms. The van der Waals surface area contributed by atoms with E-state index < -0.39 is 0 Å². The van der Waals surface area contributed by atoms with Gasteiger partial charge in [0.15, 0.2) is 0 Å². The van der Waals surface area contributed by atoms with E-state index in [4.69, 9.17) is 15.6 Å². The maximum atomic E-state index is 9.07. The first-order chi connectivity index (χ1) is 9.61. The second-order valence-corrected chi connectivity index (χ2v) is 5.51. The van der Waals surface area contributed by atoms with Crippen LogP contribution in [0.1, 0.15) is 24.1 Å². The number of nitrogens with two attached hydrogens (primary N) is 1. The monoisotopic (exact) mass is 335 g/mol.